The van der Waals surface area contributed by atoms with Crippen molar-refractivity contribution in [3.05, 3.63) is 65.7 Å². The lowest BCUT2D eigenvalue weighted by atomic mass is 9.97. The van der Waals surface area contributed by atoms with Crippen molar-refractivity contribution in [2.45, 2.75) is 12.8 Å². The molecule has 1 aliphatic rings. The molecule has 2 aromatic carbocycles. The minimum atomic E-state index is -0.442. The average Bonchev–Trinajstić information content (AvgIpc) is 2.68. The van der Waals surface area contributed by atoms with Gasteiger partial charge in [0, 0.05) is 30.9 Å². The summed E-state index contributed by atoms with van der Waals surface area (Å²) in [5, 5.41) is 5.57. The molecule has 0 radical (unpaired) electrons. The lowest BCUT2D eigenvalue weighted by Crippen LogP contribution is -2.43. The third kappa shape index (κ3) is 5.26. The molecule has 5 nitrogen and oxygen atoms in total. The summed E-state index contributed by atoms with van der Waals surface area (Å²) < 4.78 is 26.1. The molecule has 1 heterocycles. The molecule has 0 saturated carbocycles. The first-order chi connectivity index (χ1) is 13.0. The zero-order chi connectivity index (χ0) is 19.2. The Morgan fingerprint density at radius 2 is 1.70 bits per heavy atom. The Hall–Kier alpha value is -2.96. The summed E-state index contributed by atoms with van der Waals surface area (Å²) in [5.41, 5.74) is 0.844. The van der Waals surface area contributed by atoms with E-state index in [1.807, 2.05) is 0 Å². The number of rotatable bonds is 4. The summed E-state index contributed by atoms with van der Waals surface area (Å²) in [5.74, 6) is -0.833. The van der Waals surface area contributed by atoms with Crippen LogP contribution < -0.4 is 10.6 Å². The standard InChI is InChI=1S/C20H21F2N3O2/c21-16-4-6-18(7-5-16)24-20(27)25-10-8-14(9-11-25)13-23-19(26)15-2-1-3-17(22)12-15/h1-7,12,14H,8-11,13H2,(H,23,26)(H,24,27). The number of halogens is 2. The fraction of sp³-hybridized carbons (Fsp3) is 0.300. The maximum absolute atomic E-state index is 13.2. The maximum atomic E-state index is 13.2. The van der Waals surface area contributed by atoms with E-state index in [9.17, 15) is 18.4 Å². The third-order valence-corrected chi connectivity index (χ3v) is 4.64. The van der Waals surface area contributed by atoms with Gasteiger partial charge in [-0.1, -0.05) is 6.07 Å². The fourth-order valence-corrected chi connectivity index (χ4v) is 3.04. The second kappa shape index (κ2) is 8.62. The summed E-state index contributed by atoms with van der Waals surface area (Å²) in [6.07, 6.45) is 1.53. The highest BCUT2D eigenvalue weighted by atomic mass is 19.1. The number of amides is 3. The maximum Gasteiger partial charge on any atom is 0.321 e. The summed E-state index contributed by atoms with van der Waals surface area (Å²) >= 11 is 0. The van der Waals surface area contributed by atoms with E-state index in [-0.39, 0.29) is 23.7 Å². The first kappa shape index (κ1) is 18.8. The van der Waals surface area contributed by atoms with Crippen LogP contribution in [0.25, 0.3) is 0 Å². The number of carbonyl (C=O) groups excluding carboxylic acids is 2. The highest BCUT2D eigenvalue weighted by Gasteiger charge is 2.23. The zero-order valence-electron chi connectivity index (χ0n) is 14.8. The van der Waals surface area contributed by atoms with Crippen LogP contribution in [-0.2, 0) is 0 Å². The summed E-state index contributed by atoms with van der Waals surface area (Å²) in [6, 6.07) is 11.0. The van der Waals surface area contributed by atoms with Crippen molar-refractivity contribution in [3.8, 4) is 0 Å². The molecule has 0 unspecified atom stereocenters. The van der Waals surface area contributed by atoms with E-state index in [1.54, 1.807) is 11.0 Å². The van der Waals surface area contributed by atoms with Crippen LogP contribution in [0.1, 0.15) is 23.2 Å². The van der Waals surface area contributed by atoms with Gasteiger partial charge in [-0.25, -0.2) is 13.6 Å². The Morgan fingerprint density at radius 1 is 1.00 bits per heavy atom. The Bertz CT molecular complexity index is 803. The Morgan fingerprint density at radius 3 is 2.37 bits per heavy atom. The Labute approximate surface area is 156 Å². The number of nitrogens with one attached hydrogen (secondary N) is 2. The van der Waals surface area contributed by atoms with Crippen molar-refractivity contribution in [3.63, 3.8) is 0 Å². The van der Waals surface area contributed by atoms with Gasteiger partial charge in [0.15, 0.2) is 0 Å². The molecule has 0 bridgehead atoms. The predicted molar refractivity (Wildman–Crippen MR) is 98.4 cm³/mol. The van der Waals surface area contributed by atoms with E-state index in [2.05, 4.69) is 10.6 Å². The van der Waals surface area contributed by atoms with E-state index in [0.717, 1.165) is 12.8 Å². The normalized spacial score (nSPS) is 14.7. The summed E-state index contributed by atoms with van der Waals surface area (Å²) in [7, 11) is 0. The summed E-state index contributed by atoms with van der Waals surface area (Å²) in [4.78, 5) is 26.0. The number of urea groups is 1. The van der Waals surface area contributed by atoms with E-state index >= 15 is 0 Å². The van der Waals surface area contributed by atoms with E-state index in [1.165, 1.54) is 42.5 Å². The van der Waals surface area contributed by atoms with Crippen molar-refractivity contribution in [1.82, 2.24) is 10.2 Å². The Kier molecular flexibility index (Phi) is 6.01. The number of benzene rings is 2. The molecule has 7 heteroatoms. The second-order valence-electron chi connectivity index (χ2n) is 6.59. The molecule has 2 aromatic rings. The van der Waals surface area contributed by atoms with Crippen LogP contribution in [0.4, 0.5) is 19.3 Å². The predicted octanol–water partition coefficient (Wildman–Crippen LogP) is 3.64. The first-order valence-corrected chi connectivity index (χ1v) is 8.86. The van der Waals surface area contributed by atoms with Crippen LogP contribution in [0.15, 0.2) is 48.5 Å². The highest BCUT2D eigenvalue weighted by Crippen LogP contribution is 2.18. The lowest BCUT2D eigenvalue weighted by Gasteiger charge is -2.32. The number of carbonyl (C=O) groups is 2. The van der Waals surface area contributed by atoms with Gasteiger partial charge in [0.1, 0.15) is 11.6 Å². The van der Waals surface area contributed by atoms with Gasteiger partial charge in [-0.15, -0.1) is 0 Å². The van der Waals surface area contributed by atoms with E-state index < -0.39 is 5.82 Å². The van der Waals surface area contributed by atoms with Crippen molar-refractivity contribution < 1.29 is 18.4 Å². The molecular formula is C20H21F2N3O2. The number of likely N-dealkylation sites (tertiary alicyclic amines) is 1. The van der Waals surface area contributed by atoms with Gasteiger partial charge < -0.3 is 15.5 Å². The van der Waals surface area contributed by atoms with Crippen LogP contribution in [0, 0.1) is 17.6 Å². The van der Waals surface area contributed by atoms with Crippen molar-refractivity contribution >= 4 is 17.6 Å². The first-order valence-electron chi connectivity index (χ1n) is 8.86. The van der Waals surface area contributed by atoms with Crippen LogP contribution in [0.2, 0.25) is 0 Å². The molecule has 1 aliphatic heterocycles. The molecule has 142 valence electrons. The van der Waals surface area contributed by atoms with Crippen molar-refractivity contribution in [2.24, 2.45) is 5.92 Å². The molecule has 3 amide bonds. The zero-order valence-corrected chi connectivity index (χ0v) is 14.8. The van der Waals surface area contributed by atoms with Crippen LogP contribution in [0.3, 0.4) is 0 Å². The lowest BCUT2D eigenvalue weighted by molar-refractivity contribution is 0.0938. The average molecular weight is 373 g/mol. The van der Waals surface area contributed by atoms with Gasteiger partial charge in [0.2, 0.25) is 0 Å². The molecule has 2 N–H and O–H groups in total. The van der Waals surface area contributed by atoms with Gasteiger partial charge in [-0.3, -0.25) is 4.79 Å². The molecule has 0 aromatic heterocycles. The molecule has 0 aliphatic carbocycles. The molecule has 1 saturated heterocycles. The van der Waals surface area contributed by atoms with Gasteiger partial charge >= 0.3 is 6.03 Å². The quantitative estimate of drug-likeness (QED) is 0.860. The van der Waals surface area contributed by atoms with Gasteiger partial charge in [0.05, 0.1) is 0 Å². The summed E-state index contributed by atoms with van der Waals surface area (Å²) in [6.45, 7) is 1.64. The molecule has 3 rings (SSSR count). The van der Waals surface area contributed by atoms with Gasteiger partial charge in [-0.2, -0.15) is 0 Å². The number of piperidine rings is 1. The SMILES string of the molecule is O=C(NCC1CCN(C(=O)Nc2ccc(F)cc2)CC1)c1cccc(F)c1. The van der Waals surface area contributed by atoms with Crippen LogP contribution in [-0.4, -0.2) is 36.5 Å². The minimum Gasteiger partial charge on any atom is -0.352 e. The second-order valence-corrected chi connectivity index (χ2v) is 6.59. The highest BCUT2D eigenvalue weighted by molar-refractivity contribution is 5.94. The van der Waals surface area contributed by atoms with Gasteiger partial charge in [0.25, 0.3) is 5.91 Å². The molecule has 27 heavy (non-hydrogen) atoms. The molecule has 0 spiro atoms. The van der Waals surface area contributed by atoms with Crippen LogP contribution >= 0.6 is 0 Å². The van der Waals surface area contributed by atoms with Crippen molar-refractivity contribution in [2.75, 3.05) is 25.0 Å². The molecule has 0 atom stereocenters. The molecule has 1 fully saturated rings. The number of nitrogens with zero attached hydrogens (tertiary/aromatic N) is 1. The largest absolute Gasteiger partial charge is 0.352 e. The smallest absolute Gasteiger partial charge is 0.321 e. The topological polar surface area (TPSA) is 61.4 Å². The van der Waals surface area contributed by atoms with Gasteiger partial charge in [-0.05, 0) is 61.2 Å². The number of hydrogen-bond acceptors (Lipinski definition) is 2. The monoisotopic (exact) mass is 373 g/mol. The van der Waals surface area contributed by atoms with Crippen LogP contribution in [0.5, 0.6) is 0 Å². The minimum absolute atomic E-state index is 0.219. The van der Waals surface area contributed by atoms with E-state index in [0.29, 0.717) is 30.9 Å². The third-order valence-electron chi connectivity index (χ3n) is 4.64. The Balaban J connectivity index is 1.42. The van der Waals surface area contributed by atoms with Crippen molar-refractivity contribution in [1.29, 1.82) is 0 Å². The fourth-order valence-electron chi connectivity index (χ4n) is 3.04. The molecular weight excluding hydrogens is 352 g/mol. The van der Waals surface area contributed by atoms with E-state index in [4.69, 9.17) is 0 Å². The number of hydrogen-bond donors (Lipinski definition) is 2. The number of anilines is 1.